The standard InChI is InChI=1S/C15H25N3O2/c19-14(17-13-10-15(13)4-6-16-7-5-15)18-8-9-20-12-3-1-2-11(12)18/h11-13,16H,1-10H2,(H,17,19)/t11-,12+,13?/m0/s1. The summed E-state index contributed by atoms with van der Waals surface area (Å²) >= 11 is 0. The maximum Gasteiger partial charge on any atom is 0.318 e. The molecule has 3 atom stereocenters. The molecule has 4 fully saturated rings. The molecule has 0 bridgehead atoms. The molecule has 5 nitrogen and oxygen atoms in total. The average molecular weight is 279 g/mol. The molecule has 0 radical (unpaired) electrons. The largest absolute Gasteiger partial charge is 0.374 e. The number of amides is 2. The second-order valence-electron chi connectivity index (χ2n) is 6.92. The van der Waals surface area contributed by atoms with Gasteiger partial charge in [0.25, 0.3) is 0 Å². The van der Waals surface area contributed by atoms with Gasteiger partial charge in [0.05, 0.1) is 18.8 Å². The fourth-order valence-electron chi connectivity index (χ4n) is 4.44. The summed E-state index contributed by atoms with van der Waals surface area (Å²) < 4.78 is 5.78. The quantitative estimate of drug-likeness (QED) is 0.755. The van der Waals surface area contributed by atoms with Gasteiger partial charge in [0.2, 0.25) is 0 Å². The number of urea groups is 1. The van der Waals surface area contributed by atoms with Crippen LogP contribution in [0.25, 0.3) is 0 Å². The van der Waals surface area contributed by atoms with Crippen LogP contribution >= 0.6 is 0 Å². The summed E-state index contributed by atoms with van der Waals surface area (Å²) in [4.78, 5) is 14.6. The molecule has 0 aromatic heterocycles. The Kier molecular flexibility index (Phi) is 3.15. The summed E-state index contributed by atoms with van der Waals surface area (Å²) in [6, 6.07) is 0.900. The number of carbonyl (C=O) groups excluding carboxylic acids is 1. The Morgan fingerprint density at radius 2 is 2.15 bits per heavy atom. The van der Waals surface area contributed by atoms with Crippen LogP contribution in [0.15, 0.2) is 0 Å². The fourth-order valence-corrected chi connectivity index (χ4v) is 4.44. The summed E-state index contributed by atoms with van der Waals surface area (Å²) in [5.74, 6) is 0. The van der Waals surface area contributed by atoms with Crippen molar-refractivity contribution in [1.82, 2.24) is 15.5 Å². The fraction of sp³-hybridized carbons (Fsp3) is 0.933. The van der Waals surface area contributed by atoms with Crippen molar-refractivity contribution in [3.05, 3.63) is 0 Å². The van der Waals surface area contributed by atoms with Crippen molar-refractivity contribution in [2.75, 3.05) is 26.2 Å². The van der Waals surface area contributed by atoms with E-state index in [9.17, 15) is 4.79 Å². The van der Waals surface area contributed by atoms with Gasteiger partial charge >= 0.3 is 6.03 Å². The molecular formula is C15H25N3O2. The number of fused-ring (bicyclic) bond motifs is 1. The molecule has 4 rings (SSSR count). The Morgan fingerprint density at radius 3 is 3.00 bits per heavy atom. The first-order valence-corrected chi connectivity index (χ1v) is 8.18. The lowest BCUT2D eigenvalue weighted by molar-refractivity contribution is -0.0384. The predicted octanol–water partition coefficient (Wildman–Crippen LogP) is 1.09. The number of piperidine rings is 1. The van der Waals surface area contributed by atoms with Crippen LogP contribution in [-0.2, 0) is 4.74 Å². The zero-order valence-corrected chi connectivity index (χ0v) is 12.1. The zero-order valence-electron chi connectivity index (χ0n) is 12.1. The van der Waals surface area contributed by atoms with Crippen LogP contribution in [0.2, 0.25) is 0 Å². The summed E-state index contributed by atoms with van der Waals surface area (Å²) in [5, 5.41) is 6.71. The molecule has 0 aromatic rings. The first-order valence-electron chi connectivity index (χ1n) is 8.18. The number of nitrogens with one attached hydrogen (secondary N) is 2. The van der Waals surface area contributed by atoms with Gasteiger partial charge in [0, 0.05) is 12.6 Å². The van der Waals surface area contributed by atoms with Crippen LogP contribution in [-0.4, -0.2) is 55.4 Å². The Labute approximate surface area is 120 Å². The molecular weight excluding hydrogens is 254 g/mol. The minimum Gasteiger partial charge on any atom is -0.374 e. The number of nitrogens with zero attached hydrogens (tertiary/aromatic N) is 1. The van der Waals surface area contributed by atoms with E-state index in [1.165, 1.54) is 25.7 Å². The third kappa shape index (κ3) is 2.11. The number of carbonyl (C=O) groups is 1. The molecule has 1 spiro atoms. The molecule has 4 aliphatic rings. The Hall–Kier alpha value is -0.810. The molecule has 2 aliphatic heterocycles. The highest BCUT2D eigenvalue weighted by atomic mass is 16.5. The second-order valence-corrected chi connectivity index (χ2v) is 6.92. The molecule has 2 N–H and O–H groups in total. The van der Waals surface area contributed by atoms with Crippen LogP contribution in [0, 0.1) is 5.41 Å². The van der Waals surface area contributed by atoms with E-state index < -0.39 is 0 Å². The van der Waals surface area contributed by atoms with Crippen molar-refractivity contribution < 1.29 is 9.53 Å². The van der Waals surface area contributed by atoms with Crippen molar-refractivity contribution in [3.63, 3.8) is 0 Å². The predicted molar refractivity (Wildman–Crippen MR) is 75.6 cm³/mol. The van der Waals surface area contributed by atoms with Gasteiger partial charge in [0.1, 0.15) is 0 Å². The van der Waals surface area contributed by atoms with E-state index in [0.29, 0.717) is 30.2 Å². The maximum absolute atomic E-state index is 12.6. The van der Waals surface area contributed by atoms with Crippen LogP contribution in [0.5, 0.6) is 0 Å². The average Bonchev–Trinajstić information content (AvgIpc) is 2.90. The summed E-state index contributed by atoms with van der Waals surface area (Å²) in [6.45, 7) is 3.67. The topological polar surface area (TPSA) is 53.6 Å². The van der Waals surface area contributed by atoms with E-state index in [0.717, 1.165) is 32.5 Å². The molecule has 112 valence electrons. The molecule has 20 heavy (non-hydrogen) atoms. The van der Waals surface area contributed by atoms with E-state index in [1.807, 2.05) is 4.90 Å². The third-order valence-corrected chi connectivity index (χ3v) is 5.83. The lowest BCUT2D eigenvalue weighted by Gasteiger charge is -2.38. The van der Waals surface area contributed by atoms with Gasteiger partial charge in [-0.3, -0.25) is 0 Å². The lowest BCUT2D eigenvalue weighted by atomic mass is 9.94. The maximum atomic E-state index is 12.6. The van der Waals surface area contributed by atoms with Gasteiger partial charge in [-0.1, -0.05) is 0 Å². The number of hydrogen-bond donors (Lipinski definition) is 2. The van der Waals surface area contributed by atoms with E-state index >= 15 is 0 Å². The smallest absolute Gasteiger partial charge is 0.318 e. The normalized spacial score (nSPS) is 38.6. The lowest BCUT2D eigenvalue weighted by Crippen LogP contribution is -2.55. The molecule has 5 heteroatoms. The van der Waals surface area contributed by atoms with Gasteiger partial charge in [-0.2, -0.15) is 0 Å². The van der Waals surface area contributed by atoms with Crippen molar-refractivity contribution in [1.29, 1.82) is 0 Å². The summed E-state index contributed by atoms with van der Waals surface area (Å²) in [7, 11) is 0. The number of ether oxygens (including phenoxy) is 1. The highest BCUT2D eigenvalue weighted by Gasteiger charge is 2.55. The van der Waals surface area contributed by atoms with Crippen molar-refractivity contribution in [3.8, 4) is 0 Å². The molecule has 2 saturated heterocycles. The highest BCUT2D eigenvalue weighted by molar-refractivity contribution is 5.75. The molecule has 2 aliphatic carbocycles. The molecule has 0 aromatic carbocycles. The van der Waals surface area contributed by atoms with Crippen LogP contribution in [0.3, 0.4) is 0 Å². The summed E-state index contributed by atoms with van der Waals surface area (Å²) in [5.41, 5.74) is 0.419. The van der Waals surface area contributed by atoms with E-state index in [1.54, 1.807) is 0 Å². The van der Waals surface area contributed by atoms with E-state index in [4.69, 9.17) is 4.74 Å². The Balaban J connectivity index is 1.36. The van der Waals surface area contributed by atoms with Crippen molar-refractivity contribution in [2.24, 2.45) is 5.41 Å². The van der Waals surface area contributed by atoms with Gasteiger partial charge in [0.15, 0.2) is 0 Å². The van der Waals surface area contributed by atoms with Gasteiger partial charge < -0.3 is 20.3 Å². The van der Waals surface area contributed by atoms with Crippen LogP contribution < -0.4 is 10.6 Å². The number of morpholine rings is 1. The monoisotopic (exact) mass is 279 g/mol. The van der Waals surface area contributed by atoms with E-state index in [2.05, 4.69) is 10.6 Å². The first-order chi connectivity index (χ1) is 9.78. The molecule has 2 amide bonds. The van der Waals surface area contributed by atoms with Crippen molar-refractivity contribution in [2.45, 2.75) is 56.7 Å². The van der Waals surface area contributed by atoms with Crippen molar-refractivity contribution >= 4 is 6.03 Å². The first kappa shape index (κ1) is 12.9. The van der Waals surface area contributed by atoms with Gasteiger partial charge in [-0.25, -0.2) is 4.79 Å². The molecule has 2 heterocycles. The van der Waals surface area contributed by atoms with Gasteiger partial charge in [-0.05, 0) is 57.0 Å². The highest BCUT2D eigenvalue weighted by Crippen LogP contribution is 2.52. The third-order valence-electron chi connectivity index (χ3n) is 5.83. The Morgan fingerprint density at radius 1 is 1.30 bits per heavy atom. The van der Waals surface area contributed by atoms with E-state index in [-0.39, 0.29) is 6.03 Å². The zero-order chi connectivity index (χ0) is 13.6. The number of rotatable bonds is 1. The van der Waals surface area contributed by atoms with Gasteiger partial charge in [-0.15, -0.1) is 0 Å². The number of hydrogen-bond acceptors (Lipinski definition) is 3. The van der Waals surface area contributed by atoms with Crippen LogP contribution in [0.4, 0.5) is 4.79 Å². The minimum atomic E-state index is 0.158. The SMILES string of the molecule is O=C(NC1CC12CCNCC2)N1CCO[C@@H]2CCC[C@@H]21. The summed E-state index contributed by atoms with van der Waals surface area (Å²) in [6.07, 6.45) is 7.32. The molecule has 1 unspecified atom stereocenters. The minimum absolute atomic E-state index is 0.158. The van der Waals surface area contributed by atoms with Crippen LogP contribution in [0.1, 0.15) is 38.5 Å². The second kappa shape index (κ2) is 4.88. The molecule has 2 saturated carbocycles. The Bertz CT molecular complexity index is 395.